The summed E-state index contributed by atoms with van der Waals surface area (Å²) in [4.78, 5) is 12.7. The van der Waals surface area contributed by atoms with Gasteiger partial charge in [0, 0.05) is 18.7 Å². The Kier molecular flexibility index (Phi) is 6.84. The number of methoxy groups -OCH3 is 3. The van der Waals surface area contributed by atoms with Crippen molar-refractivity contribution in [2.45, 2.75) is 24.3 Å². The largest absolute Gasteiger partial charge is 0.493 e. The first-order valence-corrected chi connectivity index (χ1v) is 11.0. The SMILES string of the molecule is COc1cc(CNC(=O)c2cccc(S(=O)(=O)NCC3CC3)c2)cc(OC)c1OC. The van der Waals surface area contributed by atoms with Crippen LogP contribution < -0.4 is 24.2 Å². The van der Waals surface area contributed by atoms with Crippen molar-refractivity contribution in [2.24, 2.45) is 5.92 Å². The molecule has 0 radical (unpaired) electrons. The normalized spacial score (nSPS) is 13.6. The lowest BCUT2D eigenvalue weighted by Crippen LogP contribution is -2.27. The Morgan fingerprint density at radius 2 is 1.70 bits per heavy atom. The quantitative estimate of drug-likeness (QED) is 0.595. The highest BCUT2D eigenvalue weighted by atomic mass is 32.2. The zero-order valence-corrected chi connectivity index (χ0v) is 18.0. The Morgan fingerprint density at radius 3 is 2.27 bits per heavy atom. The van der Waals surface area contributed by atoms with Crippen LogP contribution in [-0.2, 0) is 16.6 Å². The summed E-state index contributed by atoms with van der Waals surface area (Å²) in [7, 11) is 0.909. The highest BCUT2D eigenvalue weighted by Crippen LogP contribution is 2.38. The summed E-state index contributed by atoms with van der Waals surface area (Å²) in [5, 5.41) is 2.79. The van der Waals surface area contributed by atoms with Crippen molar-refractivity contribution >= 4 is 15.9 Å². The smallest absolute Gasteiger partial charge is 0.251 e. The molecule has 0 heterocycles. The van der Waals surface area contributed by atoms with E-state index in [2.05, 4.69) is 10.0 Å². The third-order valence-electron chi connectivity index (χ3n) is 4.84. The zero-order valence-electron chi connectivity index (χ0n) is 17.2. The summed E-state index contributed by atoms with van der Waals surface area (Å²) < 4.78 is 43.4. The van der Waals surface area contributed by atoms with E-state index in [-0.39, 0.29) is 22.9 Å². The Balaban J connectivity index is 1.71. The van der Waals surface area contributed by atoms with Crippen LogP contribution in [0.4, 0.5) is 0 Å². The first-order chi connectivity index (χ1) is 14.4. The van der Waals surface area contributed by atoms with Gasteiger partial charge in [0.25, 0.3) is 5.91 Å². The zero-order chi connectivity index (χ0) is 21.7. The van der Waals surface area contributed by atoms with Gasteiger partial charge in [0.15, 0.2) is 11.5 Å². The number of rotatable bonds is 10. The summed E-state index contributed by atoms with van der Waals surface area (Å²) in [5.74, 6) is 1.46. The van der Waals surface area contributed by atoms with Crippen molar-refractivity contribution in [1.82, 2.24) is 10.0 Å². The van der Waals surface area contributed by atoms with Crippen LogP contribution in [0.25, 0.3) is 0 Å². The van der Waals surface area contributed by atoms with Gasteiger partial charge in [0.2, 0.25) is 15.8 Å². The molecule has 2 N–H and O–H groups in total. The van der Waals surface area contributed by atoms with Crippen molar-refractivity contribution in [1.29, 1.82) is 0 Å². The number of benzene rings is 2. The summed E-state index contributed by atoms with van der Waals surface area (Å²) in [6, 6.07) is 9.46. The second-order valence-electron chi connectivity index (χ2n) is 7.04. The number of nitrogens with one attached hydrogen (secondary N) is 2. The number of sulfonamides is 1. The van der Waals surface area contributed by atoms with Crippen LogP contribution in [0.15, 0.2) is 41.3 Å². The third-order valence-corrected chi connectivity index (χ3v) is 6.26. The molecular formula is C21H26N2O6S. The molecule has 2 aromatic rings. The maximum Gasteiger partial charge on any atom is 0.251 e. The van der Waals surface area contributed by atoms with Gasteiger partial charge in [0.1, 0.15) is 0 Å². The Labute approximate surface area is 176 Å². The molecule has 9 heteroatoms. The van der Waals surface area contributed by atoms with Crippen LogP contribution >= 0.6 is 0 Å². The number of hydrogen-bond acceptors (Lipinski definition) is 6. The van der Waals surface area contributed by atoms with E-state index in [9.17, 15) is 13.2 Å². The molecule has 0 unspecified atom stereocenters. The minimum atomic E-state index is -3.64. The van der Waals surface area contributed by atoms with E-state index >= 15 is 0 Å². The van der Waals surface area contributed by atoms with Crippen molar-refractivity contribution < 1.29 is 27.4 Å². The summed E-state index contributed by atoms with van der Waals surface area (Å²) in [6.07, 6.45) is 2.10. The second-order valence-corrected chi connectivity index (χ2v) is 8.81. The van der Waals surface area contributed by atoms with Crippen LogP contribution in [0, 0.1) is 5.92 Å². The van der Waals surface area contributed by atoms with Crippen molar-refractivity contribution in [3.8, 4) is 17.2 Å². The van der Waals surface area contributed by atoms with Crippen LogP contribution in [0.3, 0.4) is 0 Å². The van der Waals surface area contributed by atoms with Crippen LogP contribution in [-0.4, -0.2) is 42.2 Å². The lowest BCUT2D eigenvalue weighted by atomic mass is 10.1. The van der Waals surface area contributed by atoms with Crippen molar-refractivity contribution in [3.63, 3.8) is 0 Å². The highest BCUT2D eigenvalue weighted by Gasteiger charge is 2.24. The van der Waals surface area contributed by atoms with Gasteiger partial charge < -0.3 is 19.5 Å². The van der Waals surface area contributed by atoms with Gasteiger partial charge in [-0.2, -0.15) is 0 Å². The van der Waals surface area contributed by atoms with Gasteiger partial charge in [-0.15, -0.1) is 0 Å². The topological polar surface area (TPSA) is 103 Å². The predicted molar refractivity (Wildman–Crippen MR) is 112 cm³/mol. The van der Waals surface area contributed by atoms with Gasteiger partial charge in [-0.25, -0.2) is 13.1 Å². The number of hydrogen-bond donors (Lipinski definition) is 2. The van der Waals surface area contributed by atoms with Gasteiger partial charge in [-0.05, 0) is 54.7 Å². The van der Waals surface area contributed by atoms with Gasteiger partial charge in [-0.1, -0.05) is 6.07 Å². The molecule has 1 amide bonds. The average molecular weight is 435 g/mol. The van der Waals surface area contributed by atoms with Crippen molar-refractivity contribution in [3.05, 3.63) is 47.5 Å². The molecule has 0 aliphatic heterocycles. The van der Waals surface area contributed by atoms with E-state index in [0.29, 0.717) is 29.7 Å². The molecule has 1 aliphatic carbocycles. The maximum absolute atomic E-state index is 12.6. The Morgan fingerprint density at radius 1 is 1.03 bits per heavy atom. The Hall–Kier alpha value is -2.78. The third kappa shape index (κ3) is 5.22. The van der Waals surface area contributed by atoms with E-state index in [1.165, 1.54) is 33.5 Å². The van der Waals surface area contributed by atoms with Crippen LogP contribution in [0.1, 0.15) is 28.8 Å². The summed E-state index contributed by atoms with van der Waals surface area (Å²) >= 11 is 0. The first-order valence-electron chi connectivity index (χ1n) is 9.54. The lowest BCUT2D eigenvalue weighted by Gasteiger charge is -2.14. The minimum Gasteiger partial charge on any atom is -0.493 e. The number of carbonyl (C=O) groups excluding carboxylic acids is 1. The molecule has 8 nitrogen and oxygen atoms in total. The molecule has 1 aliphatic rings. The molecule has 0 atom stereocenters. The highest BCUT2D eigenvalue weighted by molar-refractivity contribution is 7.89. The second kappa shape index (κ2) is 9.36. The molecule has 0 spiro atoms. The number of carbonyl (C=O) groups is 1. The molecule has 162 valence electrons. The van der Waals surface area contributed by atoms with Gasteiger partial charge in [-0.3, -0.25) is 4.79 Å². The molecule has 0 saturated heterocycles. The van der Waals surface area contributed by atoms with Crippen molar-refractivity contribution in [2.75, 3.05) is 27.9 Å². The van der Waals surface area contributed by atoms with Gasteiger partial charge >= 0.3 is 0 Å². The lowest BCUT2D eigenvalue weighted by molar-refractivity contribution is 0.0950. The van der Waals surface area contributed by atoms with E-state index in [0.717, 1.165) is 18.4 Å². The number of amides is 1. The predicted octanol–water partition coefficient (Wildman–Crippen LogP) is 2.33. The van der Waals surface area contributed by atoms with Gasteiger partial charge in [0.05, 0.1) is 26.2 Å². The molecular weight excluding hydrogens is 408 g/mol. The molecule has 30 heavy (non-hydrogen) atoms. The molecule has 1 saturated carbocycles. The molecule has 2 aromatic carbocycles. The fourth-order valence-corrected chi connectivity index (χ4v) is 4.12. The van der Waals surface area contributed by atoms with E-state index in [1.807, 2.05) is 0 Å². The fraction of sp³-hybridized carbons (Fsp3) is 0.381. The summed E-state index contributed by atoms with van der Waals surface area (Å²) in [5.41, 5.74) is 1.00. The molecule has 0 bridgehead atoms. The monoisotopic (exact) mass is 434 g/mol. The minimum absolute atomic E-state index is 0.0728. The summed E-state index contributed by atoms with van der Waals surface area (Å²) in [6.45, 7) is 0.631. The fourth-order valence-electron chi connectivity index (χ4n) is 2.96. The maximum atomic E-state index is 12.6. The number of ether oxygens (including phenoxy) is 3. The molecule has 3 rings (SSSR count). The first kappa shape index (κ1) is 21.9. The van der Waals surface area contributed by atoms with E-state index < -0.39 is 10.0 Å². The Bertz CT molecular complexity index is 993. The standard InChI is InChI=1S/C21H26N2O6S/c1-27-18-9-15(10-19(28-2)20(18)29-3)12-22-21(24)16-5-4-6-17(11-16)30(25,26)23-13-14-7-8-14/h4-6,9-11,14,23H,7-8,12-13H2,1-3H3,(H,22,24). The van der Waals surface area contributed by atoms with E-state index in [1.54, 1.807) is 24.3 Å². The van der Waals surface area contributed by atoms with E-state index in [4.69, 9.17) is 14.2 Å². The molecule has 1 fully saturated rings. The molecule has 0 aromatic heterocycles. The van der Waals surface area contributed by atoms with Crippen LogP contribution in [0.2, 0.25) is 0 Å². The average Bonchev–Trinajstić information content (AvgIpc) is 3.60. The van der Waals surface area contributed by atoms with Crippen LogP contribution in [0.5, 0.6) is 17.2 Å².